The summed E-state index contributed by atoms with van der Waals surface area (Å²) in [5.74, 6) is 1.62. The summed E-state index contributed by atoms with van der Waals surface area (Å²) in [5.41, 5.74) is 3.08. The summed E-state index contributed by atoms with van der Waals surface area (Å²) in [5, 5.41) is 0. The van der Waals surface area contributed by atoms with Crippen LogP contribution in [-0.4, -0.2) is 5.60 Å². The zero-order valence-electron chi connectivity index (χ0n) is 12.6. The van der Waals surface area contributed by atoms with Crippen LogP contribution in [0.2, 0.25) is 0 Å². The fourth-order valence-corrected chi connectivity index (χ4v) is 3.40. The second-order valence-electron chi connectivity index (χ2n) is 7.30. The molecule has 1 heteroatoms. The fraction of sp³-hybridized carbons (Fsp3) is 0.750. The van der Waals surface area contributed by atoms with Gasteiger partial charge in [-0.05, 0) is 44.8 Å². The normalized spacial score (nSPS) is 32.9. The first kappa shape index (κ1) is 12.7. The average Bonchev–Trinajstić information content (AvgIpc) is 2.39. The van der Waals surface area contributed by atoms with Gasteiger partial charge in [0.05, 0.1) is 0 Å². The van der Waals surface area contributed by atoms with Crippen molar-refractivity contribution >= 4 is 0 Å². The van der Waals surface area contributed by atoms with Crippen LogP contribution >= 0.6 is 0 Å². The molecule has 1 heterocycles. The zero-order valence-corrected chi connectivity index (χ0v) is 12.6. The Morgan fingerprint density at radius 2 is 1.53 bits per heavy atom. The third kappa shape index (κ3) is 1.37. The number of hydrogen-bond donors (Lipinski definition) is 0. The molecule has 1 nitrogen and oxygen atoms in total. The highest BCUT2D eigenvalue weighted by Gasteiger charge is 2.59. The summed E-state index contributed by atoms with van der Waals surface area (Å²) in [6, 6.07) is 0. The molecule has 1 atom stereocenters. The SMILES string of the molecule is CC1=C(C)C2C(=C1)OC(C)(C)C(C)(C)C2(C)C. The van der Waals surface area contributed by atoms with Crippen molar-refractivity contribution < 1.29 is 4.74 Å². The van der Waals surface area contributed by atoms with Gasteiger partial charge in [0.15, 0.2) is 0 Å². The molecule has 0 aromatic heterocycles. The first-order valence-electron chi connectivity index (χ1n) is 6.60. The van der Waals surface area contributed by atoms with E-state index in [9.17, 15) is 0 Å². The van der Waals surface area contributed by atoms with Gasteiger partial charge in [0.1, 0.15) is 11.4 Å². The predicted octanol–water partition coefficient (Wildman–Crippen LogP) is 4.70. The summed E-state index contributed by atoms with van der Waals surface area (Å²) >= 11 is 0. The van der Waals surface area contributed by atoms with Crippen molar-refractivity contribution in [3.63, 3.8) is 0 Å². The lowest BCUT2D eigenvalue weighted by Gasteiger charge is -2.59. The Hall–Kier alpha value is -0.720. The van der Waals surface area contributed by atoms with Crippen LogP contribution in [0.25, 0.3) is 0 Å². The topological polar surface area (TPSA) is 9.23 Å². The third-order valence-corrected chi connectivity index (χ3v) is 5.91. The first-order valence-corrected chi connectivity index (χ1v) is 6.60. The minimum absolute atomic E-state index is 0.121. The zero-order chi connectivity index (χ0) is 13.2. The van der Waals surface area contributed by atoms with Crippen molar-refractivity contribution in [3.05, 3.63) is 23.0 Å². The molecule has 0 saturated carbocycles. The van der Waals surface area contributed by atoms with Gasteiger partial charge in [-0.1, -0.05) is 33.3 Å². The van der Waals surface area contributed by atoms with Gasteiger partial charge < -0.3 is 4.74 Å². The van der Waals surface area contributed by atoms with Crippen LogP contribution in [0.4, 0.5) is 0 Å². The van der Waals surface area contributed by atoms with Crippen LogP contribution in [0.1, 0.15) is 55.4 Å². The number of ether oxygens (including phenoxy) is 1. The molecular weight excluding hydrogens is 208 g/mol. The molecule has 17 heavy (non-hydrogen) atoms. The second-order valence-corrected chi connectivity index (χ2v) is 7.30. The van der Waals surface area contributed by atoms with Gasteiger partial charge in [-0.3, -0.25) is 0 Å². The molecule has 0 aromatic rings. The van der Waals surface area contributed by atoms with E-state index in [1.165, 1.54) is 16.9 Å². The molecule has 1 aliphatic heterocycles. The highest BCUT2D eigenvalue weighted by Crippen LogP contribution is 2.62. The van der Waals surface area contributed by atoms with E-state index in [-0.39, 0.29) is 16.4 Å². The molecule has 0 bridgehead atoms. The monoisotopic (exact) mass is 234 g/mol. The molecule has 0 amide bonds. The Balaban J connectivity index is 2.58. The van der Waals surface area contributed by atoms with E-state index in [1.54, 1.807) is 0 Å². The lowest BCUT2D eigenvalue weighted by molar-refractivity contribution is -0.178. The van der Waals surface area contributed by atoms with E-state index in [0.717, 1.165) is 0 Å². The number of rotatable bonds is 0. The van der Waals surface area contributed by atoms with Crippen LogP contribution in [0.15, 0.2) is 23.0 Å². The molecule has 0 aromatic carbocycles. The lowest BCUT2D eigenvalue weighted by atomic mass is 9.52. The lowest BCUT2D eigenvalue weighted by Crippen LogP contribution is -2.58. The van der Waals surface area contributed by atoms with Gasteiger partial charge in [0, 0.05) is 11.3 Å². The molecule has 2 aliphatic rings. The summed E-state index contributed by atoms with van der Waals surface area (Å²) in [4.78, 5) is 0. The van der Waals surface area contributed by atoms with Crippen LogP contribution in [0, 0.1) is 16.7 Å². The Bertz CT molecular complexity index is 419. The predicted molar refractivity (Wildman–Crippen MR) is 72.7 cm³/mol. The molecule has 0 spiro atoms. The molecular formula is C16H26O. The number of fused-ring (bicyclic) bond motifs is 1. The van der Waals surface area contributed by atoms with Crippen molar-refractivity contribution in [2.24, 2.45) is 16.7 Å². The van der Waals surface area contributed by atoms with Crippen molar-refractivity contribution in [2.75, 3.05) is 0 Å². The smallest absolute Gasteiger partial charge is 0.109 e. The third-order valence-electron chi connectivity index (χ3n) is 5.91. The number of allylic oxidation sites excluding steroid dienone is 3. The van der Waals surface area contributed by atoms with Crippen molar-refractivity contribution in [1.82, 2.24) is 0 Å². The number of hydrogen-bond acceptors (Lipinski definition) is 1. The summed E-state index contributed by atoms with van der Waals surface area (Å²) < 4.78 is 6.31. The van der Waals surface area contributed by atoms with Gasteiger partial charge in [-0.25, -0.2) is 0 Å². The summed E-state index contributed by atoms with van der Waals surface area (Å²) in [7, 11) is 0. The minimum atomic E-state index is -0.121. The van der Waals surface area contributed by atoms with E-state index in [1.807, 2.05) is 0 Å². The van der Waals surface area contributed by atoms with Gasteiger partial charge in [0.2, 0.25) is 0 Å². The Kier molecular flexibility index (Phi) is 2.38. The van der Waals surface area contributed by atoms with Gasteiger partial charge in [-0.2, -0.15) is 0 Å². The largest absolute Gasteiger partial charge is 0.491 e. The highest BCUT2D eigenvalue weighted by atomic mass is 16.5. The van der Waals surface area contributed by atoms with Crippen LogP contribution in [0.5, 0.6) is 0 Å². The van der Waals surface area contributed by atoms with Crippen LogP contribution in [0.3, 0.4) is 0 Å². The molecule has 1 aliphatic carbocycles. The van der Waals surface area contributed by atoms with Crippen LogP contribution < -0.4 is 0 Å². The molecule has 1 saturated heterocycles. The molecule has 0 N–H and O–H groups in total. The molecule has 1 fully saturated rings. The molecule has 0 radical (unpaired) electrons. The second kappa shape index (κ2) is 3.18. The van der Waals surface area contributed by atoms with Gasteiger partial charge in [-0.15, -0.1) is 0 Å². The standard InChI is InChI=1S/C16H26O/c1-10-9-12-13(11(10)2)14(3,4)15(5,6)16(7,8)17-12/h9,13H,1-8H3. The van der Waals surface area contributed by atoms with E-state index in [0.29, 0.717) is 5.92 Å². The molecule has 2 rings (SSSR count). The van der Waals surface area contributed by atoms with Gasteiger partial charge >= 0.3 is 0 Å². The van der Waals surface area contributed by atoms with Crippen molar-refractivity contribution in [3.8, 4) is 0 Å². The maximum Gasteiger partial charge on any atom is 0.109 e. The Labute approximate surface area is 106 Å². The van der Waals surface area contributed by atoms with E-state index in [2.05, 4.69) is 61.5 Å². The fourth-order valence-electron chi connectivity index (χ4n) is 3.40. The van der Waals surface area contributed by atoms with Gasteiger partial charge in [0.25, 0.3) is 0 Å². The Morgan fingerprint density at radius 3 is 2.06 bits per heavy atom. The highest BCUT2D eigenvalue weighted by molar-refractivity contribution is 5.41. The molecule has 1 unspecified atom stereocenters. The minimum Gasteiger partial charge on any atom is -0.491 e. The van der Waals surface area contributed by atoms with E-state index < -0.39 is 0 Å². The first-order chi connectivity index (χ1) is 7.52. The van der Waals surface area contributed by atoms with Crippen LogP contribution in [-0.2, 0) is 4.74 Å². The van der Waals surface area contributed by atoms with E-state index >= 15 is 0 Å². The summed E-state index contributed by atoms with van der Waals surface area (Å²) in [6.07, 6.45) is 2.23. The average molecular weight is 234 g/mol. The van der Waals surface area contributed by atoms with Crippen molar-refractivity contribution in [1.29, 1.82) is 0 Å². The van der Waals surface area contributed by atoms with Crippen molar-refractivity contribution in [2.45, 2.75) is 61.0 Å². The quantitative estimate of drug-likeness (QED) is 0.590. The maximum absolute atomic E-state index is 6.31. The summed E-state index contributed by atoms with van der Waals surface area (Å²) in [6.45, 7) is 18.3. The molecule has 96 valence electrons. The maximum atomic E-state index is 6.31. The Morgan fingerprint density at radius 1 is 1.00 bits per heavy atom. The van der Waals surface area contributed by atoms with E-state index in [4.69, 9.17) is 4.74 Å².